The Balaban J connectivity index is 3.10. The van der Waals surface area contributed by atoms with Crippen molar-refractivity contribution in [3.8, 4) is 0 Å². The van der Waals surface area contributed by atoms with Gasteiger partial charge in [-0.3, -0.25) is 0 Å². The summed E-state index contributed by atoms with van der Waals surface area (Å²) in [4.78, 5) is 0. The molecule has 0 saturated heterocycles. The SMILES string of the molecule is COCC(C)(N)c1cc(C)ccc1F. The lowest BCUT2D eigenvalue weighted by molar-refractivity contribution is 0.139. The van der Waals surface area contributed by atoms with E-state index < -0.39 is 5.54 Å². The second-order valence-corrected chi connectivity index (χ2v) is 3.83. The van der Waals surface area contributed by atoms with Gasteiger partial charge in [-0.1, -0.05) is 17.7 Å². The molecular formula is C11H16FNO. The van der Waals surface area contributed by atoms with Crippen molar-refractivity contribution >= 4 is 0 Å². The van der Waals surface area contributed by atoms with Crippen LogP contribution in [0.3, 0.4) is 0 Å². The van der Waals surface area contributed by atoms with Crippen LogP contribution in [0.5, 0.6) is 0 Å². The van der Waals surface area contributed by atoms with Crippen molar-refractivity contribution in [2.75, 3.05) is 13.7 Å². The van der Waals surface area contributed by atoms with Gasteiger partial charge < -0.3 is 10.5 Å². The van der Waals surface area contributed by atoms with Gasteiger partial charge in [0.05, 0.1) is 12.1 Å². The maximum atomic E-state index is 13.5. The van der Waals surface area contributed by atoms with Gasteiger partial charge in [-0.2, -0.15) is 0 Å². The second-order valence-electron chi connectivity index (χ2n) is 3.83. The molecule has 14 heavy (non-hydrogen) atoms. The summed E-state index contributed by atoms with van der Waals surface area (Å²) in [6.45, 7) is 3.97. The number of nitrogens with two attached hydrogens (primary N) is 1. The molecule has 2 N–H and O–H groups in total. The molecule has 0 fully saturated rings. The molecule has 0 aromatic heterocycles. The zero-order chi connectivity index (χ0) is 10.8. The Labute approximate surface area is 83.9 Å². The fraction of sp³-hybridized carbons (Fsp3) is 0.455. The molecule has 0 heterocycles. The van der Waals surface area contributed by atoms with E-state index >= 15 is 0 Å². The third-order valence-electron chi connectivity index (χ3n) is 2.18. The molecule has 78 valence electrons. The maximum absolute atomic E-state index is 13.5. The fourth-order valence-corrected chi connectivity index (χ4v) is 1.45. The molecule has 1 unspecified atom stereocenters. The van der Waals surface area contributed by atoms with Crippen molar-refractivity contribution < 1.29 is 9.13 Å². The van der Waals surface area contributed by atoms with Gasteiger partial charge in [-0.25, -0.2) is 4.39 Å². The number of methoxy groups -OCH3 is 1. The Bertz CT molecular complexity index is 323. The van der Waals surface area contributed by atoms with E-state index in [9.17, 15) is 4.39 Å². The first-order chi connectivity index (χ1) is 6.47. The summed E-state index contributed by atoms with van der Waals surface area (Å²) in [6, 6.07) is 4.92. The summed E-state index contributed by atoms with van der Waals surface area (Å²) in [7, 11) is 1.55. The molecule has 1 rings (SSSR count). The van der Waals surface area contributed by atoms with Crippen molar-refractivity contribution in [3.63, 3.8) is 0 Å². The number of rotatable bonds is 3. The van der Waals surface area contributed by atoms with E-state index in [0.717, 1.165) is 5.56 Å². The predicted molar refractivity (Wildman–Crippen MR) is 54.6 cm³/mol. The van der Waals surface area contributed by atoms with Crippen LogP contribution in [0.2, 0.25) is 0 Å². The number of halogens is 1. The molecule has 3 heteroatoms. The standard InChI is InChI=1S/C11H16FNO/c1-8-4-5-10(12)9(6-8)11(2,13)7-14-3/h4-6H,7,13H2,1-3H3. The van der Waals surface area contributed by atoms with E-state index in [0.29, 0.717) is 12.2 Å². The summed E-state index contributed by atoms with van der Waals surface area (Å²) in [5.74, 6) is -0.280. The molecule has 0 amide bonds. The predicted octanol–water partition coefficient (Wildman–Crippen LogP) is 1.95. The van der Waals surface area contributed by atoms with E-state index in [1.807, 2.05) is 6.92 Å². The van der Waals surface area contributed by atoms with Crippen LogP contribution >= 0.6 is 0 Å². The molecule has 0 aliphatic carbocycles. The van der Waals surface area contributed by atoms with Gasteiger partial charge in [0.1, 0.15) is 5.82 Å². The van der Waals surface area contributed by atoms with Gasteiger partial charge >= 0.3 is 0 Å². The van der Waals surface area contributed by atoms with Crippen LogP contribution in [-0.4, -0.2) is 13.7 Å². The number of ether oxygens (including phenoxy) is 1. The Kier molecular flexibility index (Phi) is 3.24. The summed E-state index contributed by atoms with van der Waals surface area (Å²) >= 11 is 0. The van der Waals surface area contributed by atoms with Crippen LogP contribution in [0, 0.1) is 12.7 Å². The van der Waals surface area contributed by atoms with Crippen LogP contribution in [-0.2, 0) is 10.3 Å². The summed E-state index contributed by atoms with van der Waals surface area (Å²) in [5.41, 5.74) is 6.67. The van der Waals surface area contributed by atoms with E-state index in [1.165, 1.54) is 6.07 Å². The lowest BCUT2D eigenvalue weighted by atomic mass is 9.92. The highest BCUT2D eigenvalue weighted by Gasteiger charge is 2.24. The average Bonchev–Trinajstić information content (AvgIpc) is 2.09. The lowest BCUT2D eigenvalue weighted by Crippen LogP contribution is -2.38. The highest BCUT2D eigenvalue weighted by Crippen LogP contribution is 2.22. The number of hydrogen-bond donors (Lipinski definition) is 1. The Hall–Kier alpha value is -0.930. The van der Waals surface area contributed by atoms with Crippen molar-refractivity contribution in [1.29, 1.82) is 0 Å². The summed E-state index contributed by atoms with van der Waals surface area (Å²) < 4.78 is 18.4. The van der Waals surface area contributed by atoms with Crippen LogP contribution in [0.15, 0.2) is 18.2 Å². The van der Waals surface area contributed by atoms with E-state index in [1.54, 1.807) is 26.2 Å². The summed E-state index contributed by atoms with van der Waals surface area (Å²) in [6.07, 6.45) is 0. The minimum absolute atomic E-state index is 0.280. The normalized spacial score (nSPS) is 15.2. The highest BCUT2D eigenvalue weighted by atomic mass is 19.1. The molecule has 0 saturated carbocycles. The number of hydrogen-bond acceptors (Lipinski definition) is 2. The third-order valence-corrected chi connectivity index (χ3v) is 2.18. The molecule has 2 nitrogen and oxygen atoms in total. The fourth-order valence-electron chi connectivity index (χ4n) is 1.45. The minimum Gasteiger partial charge on any atom is -0.382 e. The minimum atomic E-state index is -0.773. The van der Waals surface area contributed by atoms with Crippen LogP contribution < -0.4 is 5.73 Å². The molecule has 0 radical (unpaired) electrons. The van der Waals surface area contributed by atoms with E-state index in [2.05, 4.69) is 0 Å². The number of benzene rings is 1. The van der Waals surface area contributed by atoms with Gasteiger partial charge in [0.2, 0.25) is 0 Å². The molecule has 0 bridgehead atoms. The maximum Gasteiger partial charge on any atom is 0.128 e. The molecule has 1 atom stereocenters. The van der Waals surface area contributed by atoms with E-state index in [-0.39, 0.29) is 5.82 Å². The van der Waals surface area contributed by atoms with Crippen molar-refractivity contribution in [1.82, 2.24) is 0 Å². The largest absolute Gasteiger partial charge is 0.382 e. The smallest absolute Gasteiger partial charge is 0.128 e. The highest BCUT2D eigenvalue weighted by molar-refractivity contribution is 5.29. The van der Waals surface area contributed by atoms with Crippen molar-refractivity contribution in [2.45, 2.75) is 19.4 Å². The Morgan fingerprint density at radius 1 is 1.50 bits per heavy atom. The monoisotopic (exact) mass is 197 g/mol. The van der Waals surface area contributed by atoms with Gasteiger partial charge in [-0.15, -0.1) is 0 Å². The van der Waals surface area contributed by atoms with Crippen LogP contribution in [0.1, 0.15) is 18.1 Å². The van der Waals surface area contributed by atoms with Crippen molar-refractivity contribution in [3.05, 3.63) is 35.1 Å². The second kappa shape index (κ2) is 4.07. The first-order valence-electron chi connectivity index (χ1n) is 4.52. The first-order valence-corrected chi connectivity index (χ1v) is 4.52. The van der Waals surface area contributed by atoms with Gasteiger partial charge in [0.15, 0.2) is 0 Å². The third kappa shape index (κ3) is 2.30. The Morgan fingerprint density at radius 3 is 2.71 bits per heavy atom. The van der Waals surface area contributed by atoms with Crippen molar-refractivity contribution in [2.24, 2.45) is 5.73 Å². The Morgan fingerprint density at radius 2 is 2.14 bits per heavy atom. The topological polar surface area (TPSA) is 35.2 Å². The molecule has 1 aromatic carbocycles. The molecule has 1 aromatic rings. The average molecular weight is 197 g/mol. The van der Waals surface area contributed by atoms with Gasteiger partial charge in [-0.05, 0) is 19.9 Å². The lowest BCUT2D eigenvalue weighted by Gasteiger charge is -2.25. The van der Waals surface area contributed by atoms with E-state index in [4.69, 9.17) is 10.5 Å². The number of aryl methyl sites for hydroxylation is 1. The molecule has 0 spiro atoms. The zero-order valence-electron chi connectivity index (χ0n) is 8.80. The zero-order valence-corrected chi connectivity index (χ0v) is 8.80. The van der Waals surface area contributed by atoms with Crippen LogP contribution in [0.25, 0.3) is 0 Å². The first kappa shape index (κ1) is 11.1. The summed E-state index contributed by atoms with van der Waals surface area (Å²) in [5, 5.41) is 0. The van der Waals surface area contributed by atoms with Gasteiger partial charge in [0, 0.05) is 12.7 Å². The molecular weight excluding hydrogens is 181 g/mol. The quantitative estimate of drug-likeness (QED) is 0.803. The van der Waals surface area contributed by atoms with Crippen LogP contribution in [0.4, 0.5) is 4.39 Å². The molecule has 0 aliphatic rings. The molecule has 0 aliphatic heterocycles. The van der Waals surface area contributed by atoms with Gasteiger partial charge in [0.25, 0.3) is 0 Å².